The average molecular weight is 226 g/mol. The molecule has 2 atom stereocenters. The molecule has 2 fully saturated rings. The standard InChI is InChI=1S/C11H22N4O/c1-13-5-3-9(7-13)10-8-15(6-4-12)11(16)14(10)2/h9-10H,3-8,12H2,1-2H3. The largest absolute Gasteiger partial charge is 0.329 e. The number of rotatable bonds is 3. The molecule has 2 amide bonds. The second-order valence-electron chi connectivity index (χ2n) is 5.01. The molecule has 2 aliphatic heterocycles. The lowest BCUT2D eigenvalue weighted by molar-refractivity contribution is 0.190. The van der Waals surface area contributed by atoms with Gasteiger partial charge in [0.2, 0.25) is 0 Å². The summed E-state index contributed by atoms with van der Waals surface area (Å²) in [6.45, 7) is 4.35. The summed E-state index contributed by atoms with van der Waals surface area (Å²) in [6.07, 6.45) is 1.20. The van der Waals surface area contributed by atoms with Gasteiger partial charge in [0.05, 0.1) is 6.04 Å². The van der Waals surface area contributed by atoms with E-state index in [1.54, 1.807) is 0 Å². The minimum absolute atomic E-state index is 0.144. The summed E-state index contributed by atoms with van der Waals surface area (Å²) >= 11 is 0. The van der Waals surface area contributed by atoms with Crippen LogP contribution in [0.2, 0.25) is 0 Å². The fourth-order valence-electron chi connectivity index (χ4n) is 2.88. The first-order valence-electron chi connectivity index (χ1n) is 6.04. The highest BCUT2D eigenvalue weighted by Gasteiger charge is 2.40. The Morgan fingerprint density at radius 3 is 2.69 bits per heavy atom. The van der Waals surface area contributed by atoms with E-state index in [4.69, 9.17) is 5.73 Å². The van der Waals surface area contributed by atoms with E-state index in [0.717, 1.165) is 19.6 Å². The molecule has 0 aromatic rings. The molecule has 2 aliphatic rings. The van der Waals surface area contributed by atoms with Crippen molar-refractivity contribution in [3.05, 3.63) is 0 Å². The van der Waals surface area contributed by atoms with Gasteiger partial charge in [0, 0.05) is 33.2 Å². The van der Waals surface area contributed by atoms with E-state index in [0.29, 0.717) is 25.0 Å². The fourth-order valence-corrected chi connectivity index (χ4v) is 2.88. The number of likely N-dealkylation sites (N-methyl/N-ethyl adjacent to an activating group) is 1. The molecule has 2 unspecified atom stereocenters. The van der Waals surface area contributed by atoms with Crippen LogP contribution in [0.25, 0.3) is 0 Å². The normalized spacial score (nSPS) is 31.8. The SMILES string of the molecule is CN1CCC(C2CN(CCN)C(=O)N2C)C1. The maximum atomic E-state index is 11.9. The van der Waals surface area contributed by atoms with Gasteiger partial charge in [-0.15, -0.1) is 0 Å². The summed E-state index contributed by atoms with van der Waals surface area (Å²) in [5, 5.41) is 0. The van der Waals surface area contributed by atoms with Gasteiger partial charge in [-0.25, -0.2) is 4.79 Å². The van der Waals surface area contributed by atoms with E-state index in [9.17, 15) is 4.79 Å². The monoisotopic (exact) mass is 226 g/mol. The van der Waals surface area contributed by atoms with Crippen LogP contribution in [0, 0.1) is 5.92 Å². The van der Waals surface area contributed by atoms with Crippen molar-refractivity contribution in [2.75, 3.05) is 46.8 Å². The Morgan fingerprint density at radius 1 is 1.38 bits per heavy atom. The van der Waals surface area contributed by atoms with Crippen molar-refractivity contribution in [2.45, 2.75) is 12.5 Å². The highest BCUT2D eigenvalue weighted by atomic mass is 16.2. The van der Waals surface area contributed by atoms with Gasteiger partial charge >= 0.3 is 6.03 Å². The van der Waals surface area contributed by atoms with E-state index in [2.05, 4.69) is 11.9 Å². The lowest BCUT2D eigenvalue weighted by Crippen LogP contribution is -2.37. The Bertz CT molecular complexity index is 271. The molecule has 5 heteroatoms. The van der Waals surface area contributed by atoms with Crippen LogP contribution in [0.4, 0.5) is 4.79 Å². The van der Waals surface area contributed by atoms with Crippen molar-refractivity contribution in [2.24, 2.45) is 11.7 Å². The molecule has 5 nitrogen and oxygen atoms in total. The van der Waals surface area contributed by atoms with Crippen LogP contribution in [0.3, 0.4) is 0 Å². The zero-order chi connectivity index (χ0) is 11.7. The zero-order valence-electron chi connectivity index (χ0n) is 10.2. The van der Waals surface area contributed by atoms with Gasteiger partial charge in [-0.2, -0.15) is 0 Å². The lowest BCUT2D eigenvalue weighted by Gasteiger charge is -2.23. The van der Waals surface area contributed by atoms with Gasteiger partial charge in [-0.1, -0.05) is 0 Å². The van der Waals surface area contributed by atoms with Gasteiger partial charge in [0.25, 0.3) is 0 Å². The Labute approximate surface area is 97.2 Å². The molecule has 0 spiro atoms. The molecular formula is C11H22N4O. The molecule has 0 bridgehead atoms. The van der Waals surface area contributed by atoms with Gasteiger partial charge < -0.3 is 20.4 Å². The average Bonchev–Trinajstić information content (AvgIpc) is 2.78. The van der Waals surface area contributed by atoms with Crippen molar-refractivity contribution in [1.82, 2.24) is 14.7 Å². The van der Waals surface area contributed by atoms with Gasteiger partial charge in [-0.3, -0.25) is 0 Å². The minimum Gasteiger partial charge on any atom is -0.329 e. The number of nitrogens with two attached hydrogens (primary N) is 1. The second kappa shape index (κ2) is 4.59. The molecule has 0 saturated carbocycles. The van der Waals surface area contributed by atoms with Crippen LogP contribution in [0.15, 0.2) is 0 Å². The van der Waals surface area contributed by atoms with Crippen LogP contribution in [-0.2, 0) is 0 Å². The third kappa shape index (κ3) is 2.01. The minimum atomic E-state index is 0.144. The molecule has 2 saturated heterocycles. The summed E-state index contributed by atoms with van der Waals surface area (Å²) in [4.78, 5) is 18.0. The van der Waals surface area contributed by atoms with E-state index in [1.165, 1.54) is 6.42 Å². The van der Waals surface area contributed by atoms with Crippen molar-refractivity contribution < 1.29 is 4.79 Å². The van der Waals surface area contributed by atoms with Gasteiger partial charge in [0.15, 0.2) is 0 Å². The number of carbonyl (C=O) groups excluding carboxylic acids is 1. The van der Waals surface area contributed by atoms with Gasteiger partial charge in [0.1, 0.15) is 0 Å². The number of hydrogen-bond acceptors (Lipinski definition) is 3. The van der Waals surface area contributed by atoms with Crippen LogP contribution in [0.5, 0.6) is 0 Å². The van der Waals surface area contributed by atoms with Crippen LogP contribution >= 0.6 is 0 Å². The molecule has 0 aromatic heterocycles. The number of amides is 2. The first-order chi connectivity index (χ1) is 7.63. The molecular weight excluding hydrogens is 204 g/mol. The fraction of sp³-hybridized carbons (Fsp3) is 0.909. The maximum absolute atomic E-state index is 11.9. The predicted molar refractivity (Wildman–Crippen MR) is 63.2 cm³/mol. The van der Waals surface area contributed by atoms with Crippen molar-refractivity contribution >= 4 is 6.03 Å². The number of nitrogens with zero attached hydrogens (tertiary/aromatic N) is 3. The molecule has 2 N–H and O–H groups in total. The van der Waals surface area contributed by atoms with E-state index in [-0.39, 0.29) is 6.03 Å². The molecule has 0 aromatic carbocycles. The number of urea groups is 1. The number of hydrogen-bond donors (Lipinski definition) is 1. The third-order valence-corrected chi connectivity index (χ3v) is 3.85. The summed E-state index contributed by atoms with van der Waals surface area (Å²) < 4.78 is 0. The predicted octanol–water partition coefficient (Wildman–Crippen LogP) is -0.367. The molecule has 16 heavy (non-hydrogen) atoms. The second-order valence-corrected chi connectivity index (χ2v) is 5.01. The van der Waals surface area contributed by atoms with Crippen molar-refractivity contribution in [3.63, 3.8) is 0 Å². The first-order valence-corrected chi connectivity index (χ1v) is 6.04. The number of likely N-dealkylation sites (tertiary alicyclic amines) is 1. The maximum Gasteiger partial charge on any atom is 0.320 e. The Kier molecular flexibility index (Phi) is 3.35. The topological polar surface area (TPSA) is 52.8 Å². The summed E-state index contributed by atoms with van der Waals surface area (Å²) in [6, 6.07) is 0.522. The quantitative estimate of drug-likeness (QED) is 0.714. The Hall–Kier alpha value is -0.810. The zero-order valence-corrected chi connectivity index (χ0v) is 10.2. The van der Waals surface area contributed by atoms with Crippen LogP contribution < -0.4 is 5.73 Å². The van der Waals surface area contributed by atoms with Crippen LogP contribution in [-0.4, -0.2) is 73.6 Å². The first kappa shape index (κ1) is 11.7. The summed E-state index contributed by atoms with van der Waals surface area (Å²) in [5.74, 6) is 0.627. The smallest absolute Gasteiger partial charge is 0.320 e. The van der Waals surface area contributed by atoms with E-state index in [1.807, 2.05) is 16.8 Å². The molecule has 2 rings (SSSR count). The van der Waals surface area contributed by atoms with E-state index >= 15 is 0 Å². The Balaban J connectivity index is 1.98. The van der Waals surface area contributed by atoms with Gasteiger partial charge in [-0.05, 0) is 25.9 Å². The Morgan fingerprint density at radius 2 is 2.12 bits per heavy atom. The van der Waals surface area contributed by atoms with Crippen molar-refractivity contribution in [1.29, 1.82) is 0 Å². The molecule has 0 radical (unpaired) electrons. The van der Waals surface area contributed by atoms with E-state index < -0.39 is 0 Å². The summed E-state index contributed by atoms with van der Waals surface area (Å²) in [7, 11) is 4.07. The third-order valence-electron chi connectivity index (χ3n) is 3.85. The van der Waals surface area contributed by atoms with Crippen LogP contribution in [0.1, 0.15) is 6.42 Å². The highest BCUT2D eigenvalue weighted by molar-refractivity contribution is 5.77. The molecule has 2 heterocycles. The van der Waals surface area contributed by atoms with Crippen molar-refractivity contribution in [3.8, 4) is 0 Å². The molecule has 0 aliphatic carbocycles. The number of carbonyl (C=O) groups is 1. The summed E-state index contributed by atoms with van der Waals surface area (Å²) in [5.41, 5.74) is 5.52. The lowest BCUT2D eigenvalue weighted by atomic mass is 9.99. The highest BCUT2D eigenvalue weighted by Crippen LogP contribution is 2.26. The molecule has 92 valence electrons.